The van der Waals surface area contributed by atoms with E-state index >= 15 is 0 Å². The van der Waals surface area contributed by atoms with Crippen molar-refractivity contribution in [2.75, 3.05) is 24.4 Å². The van der Waals surface area contributed by atoms with Gasteiger partial charge in [0.15, 0.2) is 17.3 Å². The number of benzene rings is 2. The van der Waals surface area contributed by atoms with Crippen LogP contribution in [0.5, 0.6) is 11.5 Å². The van der Waals surface area contributed by atoms with Crippen molar-refractivity contribution in [3.8, 4) is 11.5 Å². The highest BCUT2D eigenvalue weighted by atomic mass is 16.5. The van der Waals surface area contributed by atoms with E-state index in [-0.39, 0.29) is 17.5 Å². The Bertz CT molecular complexity index is 1060. The number of phenols is 1. The molecular formula is C24H26N2O5. The zero-order valence-corrected chi connectivity index (χ0v) is 17.8. The van der Waals surface area contributed by atoms with Gasteiger partial charge < -0.3 is 25.2 Å². The molecule has 0 amide bonds. The predicted octanol–water partition coefficient (Wildman–Crippen LogP) is 4.02. The van der Waals surface area contributed by atoms with Crippen molar-refractivity contribution >= 4 is 23.1 Å². The number of ketones is 1. The standard InChI is InChI=1S/C24H26N2O5/c1-4-31-19-12-14(9-10-18(19)27)22-21-17(25-15-7-5-6-8-16(15)26-22)11-13(2)20(23(21)28)24(29)30-3/h5-10,12-13,20,22,25-27H,4,11H2,1-3H3/t13-,20-,22+/m0/s1. The molecule has 0 aromatic heterocycles. The summed E-state index contributed by atoms with van der Waals surface area (Å²) in [6.07, 6.45) is 0.532. The molecule has 0 fully saturated rings. The fourth-order valence-corrected chi connectivity index (χ4v) is 4.37. The first kappa shape index (κ1) is 20.8. The molecule has 0 bridgehead atoms. The first-order valence-electron chi connectivity index (χ1n) is 10.4. The minimum atomic E-state index is -0.862. The number of para-hydroxylation sites is 2. The highest BCUT2D eigenvalue weighted by Crippen LogP contribution is 2.44. The van der Waals surface area contributed by atoms with Crippen LogP contribution in [-0.2, 0) is 14.3 Å². The van der Waals surface area contributed by atoms with E-state index in [2.05, 4.69) is 10.6 Å². The lowest BCUT2D eigenvalue weighted by atomic mass is 9.75. The van der Waals surface area contributed by atoms with Crippen LogP contribution in [0.25, 0.3) is 0 Å². The number of phenolic OH excluding ortho intramolecular Hbond substituents is 1. The Morgan fingerprint density at radius 1 is 1.19 bits per heavy atom. The van der Waals surface area contributed by atoms with Gasteiger partial charge in [0.1, 0.15) is 5.92 Å². The van der Waals surface area contributed by atoms with Crippen LogP contribution >= 0.6 is 0 Å². The second kappa shape index (κ2) is 8.34. The molecular weight excluding hydrogens is 396 g/mol. The average Bonchev–Trinajstić information content (AvgIpc) is 2.91. The van der Waals surface area contributed by atoms with Crippen molar-refractivity contribution in [2.24, 2.45) is 11.8 Å². The van der Waals surface area contributed by atoms with E-state index in [1.807, 2.05) is 38.1 Å². The van der Waals surface area contributed by atoms with Gasteiger partial charge in [0, 0.05) is 11.3 Å². The van der Waals surface area contributed by atoms with Gasteiger partial charge >= 0.3 is 5.97 Å². The van der Waals surface area contributed by atoms with Gasteiger partial charge in [0.2, 0.25) is 0 Å². The van der Waals surface area contributed by atoms with Gasteiger partial charge in [0.25, 0.3) is 0 Å². The molecule has 2 aromatic carbocycles. The summed E-state index contributed by atoms with van der Waals surface area (Å²) in [5.41, 5.74) is 3.73. The lowest BCUT2D eigenvalue weighted by molar-refractivity contribution is -0.151. The summed E-state index contributed by atoms with van der Waals surface area (Å²) < 4.78 is 10.5. The molecule has 1 heterocycles. The number of hydrogen-bond donors (Lipinski definition) is 3. The van der Waals surface area contributed by atoms with Gasteiger partial charge in [-0.25, -0.2) is 0 Å². The van der Waals surface area contributed by atoms with Crippen LogP contribution in [0.15, 0.2) is 53.7 Å². The Morgan fingerprint density at radius 2 is 1.94 bits per heavy atom. The third kappa shape index (κ3) is 3.71. The Hall–Kier alpha value is -3.48. The van der Waals surface area contributed by atoms with Gasteiger partial charge in [-0.15, -0.1) is 0 Å². The summed E-state index contributed by atoms with van der Waals surface area (Å²) in [7, 11) is 1.30. The van der Waals surface area contributed by atoms with E-state index in [1.165, 1.54) is 7.11 Å². The number of rotatable bonds is 4. The lowest BCUT2D eigenvalue weighted by Crippen LogP contribution is -2.39. The number of aromatic hydroxyl groups is 1. The molecule has 7 nitrogen and oxygen atoms in total. The minimum Gasteiger partial charge on any atom is -0.504 e. The first-order valence-corrected chi connectivity index (χ1v) is 10.4. The van der Waals surface area contributed by atoms with Gasteiger partial charge in [-0.2, -0.15) is 0 Å². The number of hydrogen-bond acceptors (Lipinski definition) is 7. The Labute approximate surface area is 181 Å². The van der Waals surface area contributed by atoms with E-state index in [9.17, 15) is 14.7 Å². The van der Waals surface area contributed by atoms with Crippen molar-refractivity contribution in [3.63, 3.8) is 0 Å². The van der Waals surface area contributed by atoms with Gasteiger partial charge in [-0.05, 0) is 49.1 Å². The zero-order valence-electron chi connectivity index (χ0n) is 17.8. The topological polar surface area (TPSA) is 96.9 Å². The molecule has 3 N–H and O–H groups in total. The number of ether oxygens (including phenoxy) is 2. The summed E-state index contributed by atoms with van der Waals surface area (Å²) in [4.78, 5) is 26.1. The van der Waals surface area contributed by atoms with E-state index < -0.39 is 17.9 Å². The molecule has 3 atom stereocenters. The maximum absolute atomic E-state index is 13.6. The lowest BCUT2D eigenvalue weighted by Gasteiger charge is -2.32. The number of allylic oxidation sites excluding steroid dienone is 1. The summed E-state index contributed by atoms with van der Waals surface area (Å²) in [5.74, 6) is -1.47. The number of fused-ring (bicyclic) bond motifs is 1. The second-order valence-electron chi connectivity index (χ2n) is 7.85. The maximum Gasteiger partial charge on any atom is 0.316 e. The van der Waals surface area contributed by atoms with Crippen LogP contribution in [0.2, 0.25) is 0 Å². The number of anilines is 2. The summed E-state index contributed by atoms with van der Waals surface area (Å²) in [6.45, 7) is 4.12. The number of carbonyl (C=O) groups excluding carboxylic acids is 2. The summed E-state index contributed by atoms with van der Waals surface area (Å²) in [5, 5.41) is 17.0. The molecule has 0 saturated carbocycles. The number of nitrogens with one attached hydrogen (secondary N) is 2. The second-order valence-corrected chi connectivity index (χ2v) is 7.85. The summed E-state index contributed by atoms with van der Waals surface area (Å²) in [6, 6.07) is 12.2. The highest BCUT2D eigenvalue weighted by molar-refractivity contribution is 6.11. The van der Waals surface area contributed by atoms with Crippen molar-refractivity contribution in [1.29, 1.82) is 0 Å². The fraction of sp³-hybridized carbons (Fsp3) is 0.333. The molecule has 0 unspecified atom stereocenters. The van der Waals surface area contributed by atoms with Crippen LogP contribution in [-0.4, -0.2) is 30.6 Å². The van der Waals surface area contributed by atoms with E-state index in [1.54, 1.807) is 18.2 Å². The van der Waals surface area contributed by atoms with Crippen LogP contribution in [0.1, 0.15) is 31.9 Å². The molecule has 0 spiro atoms. The maximum atomic E-state index is 13.6. The molecule has 2 aliphatic rings. The predicted molar refractivity (Wildman–Crippen MR) is 117 cm³/mol. The molecule has 1 aliphatic heterocycles. The van der Waals surface area contributed by atoms with Crippen molar-refractivity contribution in [1.82, 2.24) is 0 Å². The largest absolute Gasteiger partial charge is 0.504 e. The molecule has 0 radical (unpaired) electrons. The van der Waals surface area contributed by atoms with Crippen LogP contribution in [0, 0.1) is 11.8 Å². The smallest absolute Gasteiger partial charge is 0.316 e. The number of esters is 1. The first-order chi connectivity index (χ1) is 14.9. The fourth-order valence-electron chi connectivity index (χ4n) is 4.37. The summed E-state index contributed by atoms with van der Waals surface area (Å²) >= 11 is 0. The average molecular weight is 422 g/mol. The van der Waals surface area contributed by atoms with Crippen molar-refractivity contribution < 1.29 is 24.2 Å². The molecule has 2 aromatic rings. The third-order valence-corrected chi connectivity index (χ3v) is 5.84. The zero-order chi connectivity index (χ0) is 22.1. The Balaban J connectivity index is 1.87. The van der Waals surface area contributed by atoms with Gasteiger partial charge in [-0.1, -0.05) is 25.1 Å². The molecule has 7 heteroatoms. The molecule has 162 valence electrons. The van der Waals surface area contributed by atoms with Crippen molar-refractivity contribution in [3.05, 3.63) is 59.3 Å². The Morgan fingerprint density at radius 3 is 2.65 bits per heavy atom. The van der Waals surface area contributed by atoms with Crippen LogP contribution in [0.3, 0.4) is 0 Å². The normalized spacial score (nSPS) is 22.4. The Kier molecular flexibility index (Phi) is 5.59. The van der Waals surface area contributed by atoms with Gasteiger partial charge in [0.05, 0.1) is 31.1 Å². The molecule has 1 aliphatic carbocycles. The van der Waals surface area contributed by atoms with Crippen molar-refractivity contribution in [2.45, 2.75) is 26.3 Å². The SMILES string of the molecule is CCOc1cc([C@H]2Nc3ccccc3NC3=C2C(=O)[C@@H](C(=O)OC)[C@@H](C)C3)ccc1O. The monoisotopic (exact) mass is 422 g/mol. The molecule has 4 rings (SSSR count). The molecule has 0 saturated heterocycles. The van der Waals surface area contributed by atoms with E-state index in [4.69, 9.17) is 9.47 Å². The molecule has 31 heavy (non-hydrogen) atoms. The van der Waals surface area contributed by atoms with Crippen LogP contribution in [0.4, 0.5) is 11.4 Å². The number of carbonyl (C=O) groups is 2. The minimum absolute atomic E-state index is 0.0305. The van der Waals surface area contributed by atoms with Gasteiger partial charge in [-0.3, -0.25) is 9.59 Å². The quantitative estimate of drug-likeness (QED) is 0.506. The highest BCUT2D eigenvalue weighted by Gasteiger charge is 2.44. The number of methoxy groups -OCH3 is 1. The number of Topliss-reactive ketones (excluding diaryl/α,β-unsaturated/α-hetero) is 1. The third-order valence-electron chi connectivity index (χ3n) is 5.84. The van der Waals surface area contributed by atoms with E-state index in [0.717, 1.165) is 22.6 Å². The van der Waals surface area contributed by atoms with Crippen LogP contribution < -0.4 is 15.4 Å². The van der Waals surface area contributed by atoms with E-state index in [0.29, 0.717) is 24.4 Å².